The maximum atomic E-state index is 12.4. The number of hydrogen-bond acceptors (Lipinski definition) is 3. The lowest BCUT2D eigenvalue weighted by atomic mass is 10.1. The molecular formula is C24H20N2O2. The van der Waals surface area contributed by atoms with Gasteiger partial charge in [0.15, 0.2) is 0 Å². The predicted octanol–water partition coefficient (Wildman–Crippen LogP) is 5.12. The number of nitrogens with zero attached hydrogens (tertiary/aromatic N) is 1. The highest BCUT2D eigenvalue weighted by molar-refractivity contribution is 6.09. The van der Waals surface area contributed by atoms with Gasteiger partial charge in [0.2, 0.25) is 0 Å². The number of aryl methyl sites for hydroxylation is 1. The second kappa shape index (κ2) is 9.20. The minimum absolute atomic E-state index is 0.00948. The van der Waals surface area contributed by atoms with Crippen LogP contribution in [0.3, 0.4) is 0 Å². The van der Waals surface area contributed by atoms with E-state index in [1.54, 1.807) is 18.2 Å². The van der Waals surface area contributed by atoms with Crippen LogP contribution in [0.1, 0.15) is 16.7 Å². The van der Waals surface area contributed by atoms with E-state index in [-0.39, 0.29) is 5.57 Å². The van der Waals surface area contributed by atoms with Gasteiger partial charge in [-0.25, -0.2) is 0 Å². The van der Waals surface area contributed by atoms with Crippen LogP contribution in [0.5, 0.6) is 5.75 Å². The van der Waals surface area contributed by atoms with Crippen LogP contribution in [0.25, 0.3) is 6.08 Å². The summed E-state index contributed by atoms with van der Waals surface area (Å²) in [6.45, 7) is 2.44. The molecule has 0 spiro atoms. The second-order valence-electron chi connectivity index (χ2n) is 6.30. The summed E-state index contributed by atoms with van der Waals surface area (Å²) in [6, 6.07) is 26.4. The molecule has 3 rings (SSSR count). The summed E-state index contributed by atoms with van der Waals surface area (Å²) in [4.78, 5) is 12.4. The van der Waals surface area contributed by atoms with Crippen molar-refractivity contribution in [2.24, 2.45) is 0 Å². The number of nitriles is 1. The van der Waals surface area contributed by atoms with Crippen molar-refractivity contribution in [2.45, 2.75) is 13.5 Å². The predicted molar refractivity (Wildman–Crippen MR) is 111 cm³/mol. The second-order valence-corrected chi connectivity index (χ2v) is 6.30. The number of amides is 1. The summed E-state index contributed by atoms with van der Waals surface area (Å²) >= 11 is 0. The normalized spacial score (nSPS) is 10.8. The SMILES string of the molecule is Cc1ccc(COc2ccccc2/C=C(\C#N)C(=O)Nc2ccccc2)cc1. The summed E-state index contributed by atoms with van der Waals surface area (Å²) in [5.41, 5.74) is 3.56. The Morgan fingerprint density at radius 2 is 1.68 bits per heavy atom. The molecule has 28 heavy (non-hydrogen) atoms. The van der Waals surface area contributed by atoms with E-state index in [9.17, 15) is 10.1 Å². The van der Waals surface area contributed by atoms with Crippen molar-refractivity contribution in [3.05, 3.63) is 101 Å². The standard InChI is InChI=1S/C24H20N2O2/c1-18-11-13-19(14-12-18)17-28-23-10-6-5-7-20(23)15-21(16-25)24(27)26-22-8-3-2-4-9-22/h2-15H,17H2,1H3,(H,26,27)/b21-15+. The monoisotopic (exact) mass is 368 g/mol. The fourth-order valence-corrected chi connectivity index (χ4v) is 2.60. The Bertz CT molecular complexity index is 1020. The number of para-hydroxylation sites is 2. The molecule has 0 saturated carbocycles. The van der Waals surface area contributed by atoms with E-state index in [1.165, 1.54) is 5.56 Å². The quantitative estimate of drug-likeness (QED) is 0.485. The van der Waals surface area contributed by atoms with E-state index in [1.807, 2.05) is 79.7 Å². The Morgan fingerprint density at radius 1 is 1.00 bits per heavy atom. The molecule has 0 heterocycles. The third-order valence-electron chi connectivity index (χ3n) is 4.13. The Kier molecular flexibility index (Phi) is 6.22. The van der Waals surface area contributed by atoms with Gasteiger partial charge in [-0.2, -0.15) is 5.26 Å². The lowest BCUT2D eigenvalue weighted by Gasteiger charge is -2.10. The first-order valence-electron chi connectivity index (χ1n) is 8.91. The Balaban J connectivity index is 1.77. The topological polar surface area (TPSA) is 62.1 Å². The fourth-order valence-electron chi connectivity index (χ4n) is 2.60. The molecule has 0 aliphatic carbocycles. The van der Waals surface area contributed by atoms with Crippen molar-refractivity contribution in [3.8, 4) is 11.8 Å². The summed E-state index contributed by atoms with van der Waals surface area (Å²) < 4.78 is 5.92. The minimum atomic E-state index is -0.456. The van der Waals surface area contributed by atoms with Gasteiger partial charge in [-0.3, -0.25) is 4.79 Å². The maximum absolute atomic E-state index is 12.4. The van der Waals surface area contributed by atoms with Gasteiger partial charge in [0.25, 0.3) is 5.91 Å². The van der Waals surface area contributed by atoms with Gasteiger partial charge in [-0.1, -0.05) is 66.2 Å². The molecule has 0 aromatic heterocycles. The van der Waals surface area contributed by atoms with Crippen LogP contribution >= 0.6 is 0 Å². The van der Waals surface area contributed by atoms with Gasteiger partial charge in [0.05, 0.1) is 0 Å². The molecule has 0 atom stereocenters. The number of benzene rings is 3. The van der Waals surface area contributed by atoms with Crippen LogP contribution in [0.15, 0.2) is 84.4 Å². The van der Waals surface area contributed by atoms with E-state index >= 15 is 0 Å². The number of anilines is 1. The summed E-state index contributed by atoms with van der Waals surface area (Å²) in [6.07, 6.45) is 1.54. The zero-order valence-electron chi connectivity index (χ0n) is 15.6. The Hall–Kier alpha value is -3.84. The molecule has 0 saturated heterocycles. The highest BCUT2D eigenvalue weighted by atomic mass is 16.5. The third kappa shape index (κ3) is 5.09. The lowest BCUT2D eigenvalue weighted by Crippen LogP contribution is -2.13. The number of rotatable bonds is 6. The van der Waals surface area contributed by atoms with E-state index in [2.05, 4.69) is 5.32 Å². The molecule has 4 nitrogen and oxygen atoms in total. The molecule has 0 radical (unpaired) electrons. The summed E-state index contributed by atoms with van der Waals surface area (Å²) in [5, 5.41) is 12.2. The first kappa shape index (κ1) is 18.9. The molecular weight excluding hydrogens is 348 g/mol. The Morgan fingerprint density at radius 3 is 2.39 bits per heavy atom. The van der Waals surface area contributed by atoms with Crippen molar-refractivity contribution in [3.63, 3.8) is 0 Å². The van der Waals surface area contributed by atoms with Crippen LogP contribution in [0.2, 0.25) is 0 Å². The van der Waals surface area contributed by atoms with Gasteiger partial charge in [0, 0.05) is 11.3 Å². The summed E-state index contributed by atoms with van der Waals surface area (Å²) in [7, 11) is 0. The largest absolute Gasteiger partial charge is 0.488 e. The molecule has 3 aromatic rings. The van der Waals surface area contributed by atoms with Crippen molar-refractivity contribution >= 4 is 17.7 Å². The summed E-state index contributed by atoms with van der Waals surface area (Å²) in [5.74, 6) is 0.158. The van der Waals surface area contributed by atoms with Gasteiger partial charge >= 0.3 is 0 Å². The smallest absolute Gasteiger partial charge is 0.266 e. The number of nitrogens with one attached hydrogen (secondary N) is 1. The number of carbonyl (C=O) groups excluding carboxylic acids is 1. The van der Waals surface area contributed by atoms with Crippen LogP contribution in [-0.2, 0) is 11.4 Å². The number of ether oxygens (including phenoxy) is 1. The third-order valence-corrected chi connectivity index (χ3v) is 4.13. The average Bonchev–Trinajstić information content (AvgIpc) is 2.73. The van der Waals surface area contributed by atoms with E-state index < -0.39 is 5.91 Å². The first-order valence-corrected chi connectivity index (χ1v) is 8.91. The molecule has 138 valence electrons. The molecule has 0 bridgehead atoms. The Labute approximate surface area is 164 Å². The van der Waals surface area contributed by atoms with Gasteiger partial charge in [-0.15, -0.1) is 0 Å². The van der Waals surface area contributed by atoms with Crippen LogP contribution in [0, 0.1) is 18.3 Å². The number of carbonyl (C=O) groups is 1. The van der Waals surface area contributed by atoms with E-state index in [4.69, 9.17) is 4.74 Å². The average molecular weight is 368 g/mol. The van der Waals surface area contributed by atoms with Crippen LogP contribution < -0.4 is 10.1 Å². The minimum Gasteiger partial charge on any atom is -0.488 e. The van der Waals surface area contributed by atoms with Gasteiger partial charge < -0.3 is 10.1 Å². The zero-order valence-corrected chi connectivity index (χ0v) is 15.6. The van der Waals surface area contributed by atoms with Crippen molar-refractivity contribution in [1.29, 1.82) is 5.26 Å². The highest BCUT2D eigenvalue weighted by Crippen LogP contribution is 2.23. The van der Waals surface area contributed by atoms with Crippen LogP contribution in [-0.4, -0.2) is 5.91 Å². The van der Waals surface area contributed by atoms with Crippen molar-refractivity contribution in [1.82, 2.24) is 0 Å². The number of hydrogen-bond donors (Lipinski definition) is 1. The molecule has 4 heteroatoms. The molecule has 0 aliphatic rings. The molecule has 0 fully saturated rings. The van der Waals surface area contributed by atoms with Gasteiger partial charge in [0.1, 0.15) is 24.0 Å². The van der Waals surface area contributed by atoms with E-state index in [0.717, 1.165) is 5.56 Å². The van der Waals surface area contributed by atoms with Crippen molar-refractivity contribution < 1.29 is 9.53 Å². The fraction of sp³-hybridized carbons (Fsp3) is 0.0833. The maximum Gasteiger partial charge on any atom is 0.266 e. The molecule has 0 unspecified atom stereocenters. The first-order chi connectivity index (χ1) is 13.7. The molecule has 1 amide bonds. The molecule has 1 N–H and O–H groups in total. The lowest BCUT2D eigenvalue weighted by molar-refractivity contribution is -0.112. The molecule has 0 aliphatic heterocycles. The molecule has 3 aromatic carbocycles. The van der Waals surface area contributed by atoms with E-state index in [0.29, 0.717) is 23.6 Å². The zero-order chi connectivity index (χ0) is 19.8. The van der Waals surface area contributed by atoms with Gasteiger partial charge in [-0.05, 0) is 36.8 Å². The van der Waals surface area contributed by atoms with Crippen molar-refractivity contribution in [2.75, 3.05) is 5.32 Å². The highest BCUT2D eigenvalue weighted by Gasteiger charge is 2.11. The van der Waals surface area contributed by atoms with Crippen LogP contribution in [0.4, 0.5) is 5.69 Å².